The maximum absolute atomic E-state index is 12.4. The highest BCUT2D eigenvalue weighted by Crippen LogP contribution is 2.24. The maximum Gasteiger partial charge on any atom is 0.280 e. The number of anilines is 2. The topological polar surface area (TPSA) is 74.3 Å². The molecule has 2 N–H and O–H groups in total. The van der Waals surface area contributed by atoms with Crippen molar-refractivity contribution < 1.29 is 9.59 Å². The van der Waals surface area contributed by atoms with Crippen molar-refractivity contribution >= 4 is 23.3 Å². The van der Waals surface area contributed by atoms with E-state index in [4.69, 9.17) is 0 Å². The number of carbonyl (C=O) groups excluding carboxylic acids is 2. The number of hydrazine groups is 1. The van der Waals surface area contributed by atoms with E-state index in [1.165, 1.54) is 11.1 Å². The van der Waals surface area contributed by atoms with E-state index in [2.05, 4.69) is 60.8 Å². The van der Waals surface area contributed by atoms with Gasteiger partial charge in [-0.3, -0.25) is 15.0 Å². The van der Waals surface area contributed by atoms with Gasteiger partial charge in [0.05, 0.1) is 23.0 Å². The molecule has 0 spiro atoms. The largest absolute Gasteiger partial charge is 0.380 e. The number of pyridine rings is 1. The molecule has 2 amide bonds. The highest BCUT2D eigenvalue weighted by Gasteiger charge is 2.35. The first-order valence-corrected chi connectivity index (χ1v) is 9.87. The third kappa shape index (κ3) is 3.89. The second-order valence-electron chi connectivity index (χ2n) is 8.34. The fraction of sp³-hybridized carbons (Fsp3) is 0.208. The zero-order valence-electron chi connectivity index (χ0n) is 17.3. The van der Waals surface area contributed by atoms with Gasteiger partial charge in [-0.2, -0.15) is 5.01 Å². The lowest BCUT2D eigenvalue weighted by molar-refractivity contribution is 0.0690. The summed E-state index contributed by atoms with van der Waals surface area (Å²) in [4.78, 5) is 29.2. The Bertz CT molecular complexity index is 1050. The molecule has 0 aliphatic carbocycles. The smallest absolute Gasteiger partial charge is 0.280 e. The number of amides is 2. The molecule has 1 aromatic heterocycles. The van der Waals surface area contributed by atoms with Crippen molar-refractivity contribution in [1.82, 2.24) is 9.99 Å². The van der Waals surface area contributed by atoms with Crippen molar-refractivity contribution in [2.75, 3.05) is 10.7 Å². The van der Waals surface area contributed by atoms with Crippen LogP contribution in [0, 0.1) is 0 Å². The number of aromatic nitrogens is 1. The quantitative estimate of drug-likeness (QED) is 0.612. The zero-order valence-corrected chi connectivity index (χ0v) is 17.3. The van der Waals surface area contributed by atoms with Gasteiger partial charge in [0, 0.05) is 6.54 Å². The van der Waals surface area contributed by atoms with Gasteiger partial charge in [-0.05, 0) is 40.8 Å². The van der Waals surface area contributed by atoms with Gasteiger partial charge in [0.2, 0.25) is 0 Å². The average molecular weight is 400 g/mol. The van der Waals surface area contributed by atoms with Gasteiger partial charge in [0.1, 0.15) is 5.82 Å². The predicted molar refractivity (Wildman–Crippen MR) is 117 cm³/mol. The molecule has 1 aliphatic heterocycles. The van der Waals surface area contributed by atoms with Crippen LogP contribution in [0.1, 0.15) is 52.6 Å². The number of fused-ring (bicyclic) bond motifs is 1. The summed E-state index contributed by atoms with van der Waals surface area (Å²) in [6.07, 6.45) is 1.67. The number of carbonyl (C=O) groups is 2. The van der Waals surface area contributed by atoms with Crippen LogP contribution in [0.5, 0.6) is 0 Å². The SMILES string of the molecule is CC(C)(C)c1ccc(CNc2ccc(NN3C(=O)c4ccccc4C3=O)nc2)cc1. The summed E-state index contributed by atoms with van der Waals surface area (Å²) in [5, 5.41) is 4.33. The minimum atomic E-state index is -0.377. The number of benzene rings is 2. The molecule has 6 heteroatoms. The zero-order chi connectivity index (χ0) is 21.3. The van der Waals surface area contributed by atoms with Gasteiger partial charge in [0.25, 0.3) is 11.8 Å². The predicted octanol–water partition coefficient (Wildman–Crippen LogP) is 4.61. The number of rotatable bonds is 5. The second kappa shape index (κ2) is 7.63. The monoisotopic (exact) mass is 400 g/mol. The first-order chi connectivity index (χ1) is 14.3. The van der Waals surface area contributed by atoms with Crippen LogP contribution in [0.3, 0.4) is 0 Å². The van der Waals surface area contributed by atoms with Crippen molar-refractivity contribution in [1.29, 1.82) is 0 Å². The molecule has 152 valence electrons. The summed E-state index contributed by atoms with van der Waals surface area (Å²) in [7, 11) is 0. The molecule has 4 rings (SSSR count). The number of hydrogen-bond donors (Lipinski definition) is 2. The van der Waals surface area contributed by atoms with Crippen molar-refractivity contribution in [3.8, 4) is 0 Å². The number of nitrogens with zero attached hydrogens (tertiary/aromatic N) is 2. The molecule has 0 saturated carbocycles. The van der Waals surface area contributed by atoms with E-state index in [0.717, 1.165) is 10.7 Å². The fourth-order valence-corrected chi connectivity index (χ4v) is 3.30. The Labute approximate surface area is 175 Å². The van der Waals surface area contributed by atoms with Crippen molar-refractivity contribution in [3.05, 3.63) is 89.1 Å². The molecule has 0 bridgehead atoms. The molecule has 1 aliphatic rings. The Morgan fingerprint density at radius 3 is 2.03 bits per heavy atom. The second-order valence-corrected chi connectivity index (χ2v) is 8.34. The Morgan fingerprint density at radius 2 is 1.50 bits per heavy atom. The first-order valence-electron chi connectivity index (χ1n) is 9.87. The lowest BCUT2D eigenvalue weighted by Gasteiger charge is -2.19. The van der Waals surface area contributed by atoms with Crippen LogP contribution in [0.25, 0.3) is 0 Å². The third-order valence-electron chi connectivity index (χ3n) is 5.10. The molecule has 2 heterocycles. The highest BCUT2D eigenvalue weighted by molar-refractivity contribution is 6.21. The van der Waals surface area contributed by atoms with Gasteiger partial charge in [0.15, 0.2) is 0 Å². The Balaban J connectivity index is 1.37. The number of nitrogens with one attached hydrogen (secondary N) is 2. The van der Waals surface area contributed by atoms with Gasteiger partial charge in [-0.15, -0.1) is 0 Å². The summed E-state index contributed by atoms with van der Waals surface area (Å²) in [6.45, 7) is 7.27. The molecule has 30 heavy (non-hydrogen) atoms. The van der Waals surface area contributed by atoms with Crippen LogP contribution in [-0.2, 0) is 12.0 Å². The van der Waals surface area contributed by atoms with E-state index in [-0.39, 0.29) is 17.2 Å². The van der Waals surface area contributed by atoms with Gasteiger partial charge in [-0.25, -0.2) is 4.98 Å². The molecule has 2 aromatic carbocycles. The van der Waals surface area contributed by atoms with Crippen molar-refractivity contribution in [2.45, 2.75) is 32.7 Å². The van der Waals surface area contributed by atoms with Gasteiger partial charge >= 0.3 is 0 Å². The molecular formula is C24H24N4O2. The van der Waals surface area contributed by atoms with E-state index in [0.29, 0.717) is 23.5 Å². The molecular weight excluding hydrogens is 376 g/mol. The Morgan fingerprint density at radius 1 is 0.867 bits per heavy atom. The number of imide groups is 1. The standard InChI is InChI=1S/C24H24N4O2/c1-24(2,3)17-10-8-16(9-11-17)14-25-18-12-13-21(26-15-18)27-28-22(29)19-6-4-5-7-20(19)23(28)30/h4-13,15,25H,14H2,1-3H3,(H,26,27). The minimum absolute atomic E-state index is 0.137. The third-order valence-corrected chi connectivity index (χ3v) is 5.10. The van der Waals surface area contributed by atoms with Crippen LogP contribution in [-0.4, -0.2) is 21.8 Å². The van der Waals surface area contributed by atoms with E-state index < -0.39 is 0 Å². The van der Waals surface area contributed by atoms with Crippen LogP contribution in [0.4, 0.5) is 11.5 Å². The summed E-state index contributed by atoms with van der Waals surface area (Å²) in [5.41, 5.74) is 7.06. The summed E-state index contributed by atoms with van der Waals surface area (Å²) < 4.78 is 0. The lowest BCUT2D eigenvalue weighted by atomic mass is 9.87. The molecule has 0 fully saturated rings. The number of hydrogen-bond acceptors (Lipinski definition) is 5. The van der Waals surface area contributed by atoms with E-state index in [1.54, 1.807) is 36.5 Å². The van der Waals surface area contributed by atoms with Crippen LogP contribution >= 0.6 is 0 Å². The van der Waals surface area contributed by atoms with E-state index in [1.807, 2.05) is 6.07 Å². The minimum Gasteiger partial charge on any atom is -0.380 e. The molecule has 0 radical (unpaired) electrons. The normalized spacial score (nSPS) is 13.4. The van der Waals surface area contributed by atoms with Crippen LogP contribution in [0.2, 0.25) is 0 Å². The molecule has 6 nitrogen and oxygen atoms in total. The first kappa shape index (κ1) is 19.6. The summed E-state index contributed by atoms with van der Waals surface area (Å²) >= 11 is 0. The van der Waals surface area contributed by atoms with E-state index in [9.17, 15) is 9.59 Å². The fourth-order valence-electron chi connectivity index (χ4n) is 3.30. The summed E-state index contributed by atoms with van der Waals surface area (Å²) in [6, 6.07) is 18.9. The van der Waals surface area contributed by atoms with E-state index >= 15 is 0 Å². The Kier molecular flexibility index (Phi) is 4.99. The van der Waals surface area contributed by atoms with Crippen molar-refractivity contribution in [2.24, 2.45) is 0 Å². The van der Waals surface area contributed by atoms with Crippen molar-refractivity contribution in [3.63, 3.8) is 0 Å². The maximum atomic E-state index is 12.4. The average Bonchev–Trinajstić information content (AvgIpc) is 2.98. The van der Waals surface area contributed by atoms with Crippen LogP contribution < -0.4 is 10.7 Å². The molecule has 0 saturated heterocycles. The lowest BCUT2D eigenvalue weighted by Crippen LogP contribution is -2.35. The van der Waals surface area contributed by atoms with Gasteiger partial charge < -0.3 is 5.32 Å². The molecule has 0 unspecified atom stereocenters. The van der Waals surface area contributed by atoms with Gasteiger partial charge in [-0.1, -0.05) is 57.2 Å². The Hall–Kier alpha value is -3.67. The molecule has 3 aromatic rings. The highest BCUT2D eigenvalue weighted by atomic mass is 16.2. The van der Waals surface area contributed by atoms with Crippen LogP contribution in [0.15, 0.2) is 66.9 Å². The molecule has 0 atom stereocenters. The summed E-state index contributed by atoms with van der Waals surface area (Å²) in [5.74, 6) is -0.332.